The van der Waals surface area contributed by atoms with Crippen LogP contribution in [0.2, 0.25) is 0 Å². The van der Waals surface area contributed by atoms with Crippen molar-refractivity contribution in [2.24, 2.45) is 11.8 Å². The van der Waals surface area contributed by atoms with Crippen molar-refractivity contribution in [3.63, 3.8) is 0 Å². The second-order valence-electron chi connectivity index (χ2n) is 4.04. The summed E-state index contributed by atoms with van der Waals surface area (Å²) in [7, 11) is 0. The molecule has 0 aromatic rings. The molecule has 0 radical (unpaired) electrons. The van der Waals surface area contributed by atoms with Gasteiger partial charge >= 0.3 is 0 Å². The summed E-state index contributed by atoms with van der Waals surface area (Å²) < 4.78 is 0. The summed E-state index contributed by atoms with van der Waals surface area (Å²) >= 11 is 0. The zero-order valence-electron chi connectivity index (χ0n) is 9.43. The molecule has 0 rings (SSSR count). The van der Waals surface area contributed by atoms with E-state index in [-0.39, 0.29) is 0 Å². The molecule has 1 heteroatoms. The fraction of sp³-hybridized carbons (Fsp3) is 1.00. The molecule has 12 heavy (non-hydrogen) atoms. The minimum atomic E-state index is 0.834. The highest BCUT2D eigenvalue weighted by molar-refractivity contribution is 4.60. The second-order valence-corrected chi connectivity index (χ2v) is 4.04. The van der Waals surface area contributed by atoms with Crippen LogP contribution in [0.4, 0.5) is 0 Å². The molecule has 0 aliphatic heterocycles. The van der Waals surface area contributed by atoms with Crippen LogP contribution in [0.25, 0.3) is 0 Å². The van der Waals surface area contributed by atoms with Crippen molar-refractivity contribution < 1.29 is 0 Å². The Labute approximate surface area is 78.1 Å². The van der Waals surface area contributed by atoms with Crippen molar-refractivity contribution in [2.45, 2.75) is 41.0 Å². The van der Waals surface area contributed by atoms with Gasteiger partial charge < -0.3 is 4.90 Å². The van der Waals surface area contributed by atoms with Crippen LogP contribution in [0.1, 0.15) is 41.0 Å². The fourth-order valence-corrected chi connectivity index (χ4v) is 1.26. The van der Waals surface area contributed by atoms with Gasteiger partial charge in [0.2, 0.25) is 0 Å². The van der Waals surface area contributed by atoms with E-state index in [4.69, 9.17) is 0 Å². The van der Waals surface area contributed by atoms with E-state index in [1.54, 1.807) is 0 Å². The van der Waals surface area contributed by atoms with Crippen molar-refractivity contribution >= 4 is 0 Å². The Kier molecular flexibility index (Phi) is 6.45. The molecule has 1 nitrogen and oxygen atoms in total. The van der Waals surface area contributed by atoms with Crippen LogP contribution in [0, 0.1) is 11.8 Å². The normalized spacial score (nSPS) is 14.2. The topological polar surface area (TPSA) is 3.24 Å². The SMILES string of the molecule is CCN(CC)CCC(C)C(C)C. The lowest BCUT2D eigenvalue weighted by Gasteiger charge is -2.22. The van der Waals surface area contributed by atoms with E-state index in [2.05, 4.69) is 39.5 Å². The monoisotopic (exact) mass is 171 g/mol. The van der Waals surface area contributed by atoms with Gasteiger partial charge in [-0.25, -0.2) is 0 Å². The number of hydrogen-bond acceptors (Lipinski definition) is 1. The second kappa shape index (κ2) is 6.47. The highest BCUT2D eigenvalue weighted by Crippen LogP contribution is 2.14. The van der Waals surface area contributed by atoms with Gasteiger partial charge in [-0.15, -0.1) is 0 Å². The molecule has 0 heterocycles. The first-order chi connectivity index (χ1) is 5.61. The van der Waals surface area contributed by atoms with E-state index in [0.29, 0.717) is 0 Å². The van der Waals surface area contributed by atoms with Crippen LogP contribution in [0.5, 0.6) is 0 Å². The summed E-state index contributed by atoms with van der Waals surface area (Å²) in [4.78, 5) is 2.50. The van der Waals surface area contributed by atoms with Gasteiger partial charge in [-0.05, 0) is 37.9 Å². The molecular weight excluding hydrogens is 146 g/mol. The van der Waals surface area contributed by atoms with Crippen molar-refractivity contribution in [1.29, 1.82) is 0 Å². The van der Waals surface area contributed by atoms with Crippen LogP contribution in [0.3, 0.4) is 0 Å². The first-order valence-electron chi connectivity index (χ1n) is 5.34. The Balaban J connectivity index is 3.51. The first kappa shape index (κ1) is 12.0. The minimum Gasteiger partial charge on any atom is -0.304 e. The Morgan fingerprint density at radius 1 is 1.00 bits per heavy atom. The van der Waals surface area contributed by atoms with Gasteiger partial charge in [0, 0.05) is 0 Å². The molecule has 0 N–H and O–H groups in total. The maximum atomic E-state index is 2.50. The van der Waals surface area contributed by atoms with Gasteiger partial charge in [0.1, 0.15) is 0 Å². The van der Waals surface area contributed by atoms with E-state index >= 15 is 0 Å². The Hall–Kier alpha value is -0.0400. The lowest BCUT2D eigenvalue weighted by Crippen LogP contribution is -2.26. The maximum Gasteiger partial charge on any atom is -0.00163 e. The molecule has 1 unspecified atom stereocenters. The van der Waals surface area contributed by atoms with Crippen LogP contribution in [-0.2, 0) is 0 Å². The first-order valence-corrected chi connectivity index (χ1v) is 5.34. The van der Waals surface area contributed by atoms with Gasteiger partial charge in [0.25, 0.3) is 0 Å². The third kappa shape index (κ3) is 4.76. The molecule has 0 bridgehead atoms. The molecule has 0 aromatic heterocycles. The Morgan fingerprint density at radius 3 is 1.83 bits per heavy atom. The molecule has 0 saturated heterocycles. The van der Waals surface area contributed by atoms with Gasteiger partial charge in [0.15, 0.2) is 0 Å². The van der Waals surface area contributed by atoms with Gasteiger partial charge in [-0.3, -0.25) is 0 Å². The van der Waals surface area contributed by atoms with Crippen LogP contribution in [0.15, 0.2) is 0 Å². The predicted molar refractivity (Wildman–Crippen MR) is 56.4 cm³/mol. The summed E-state index contributed by atoms with van der Waals surface area (Å²) in [5.74, 6) is 1.70. The molecule has 0 fully saturated rings. The van der Waals surface area contributed by atoms with E-state index in [1.807, 2.05) is 0 Å². The average Bonchev–Trinajstić information content (AvgIpc) is 2.05. The van der Waals surface area contributed by atoms with E-state index < -0.39 is 0 Å². The van der Waals surface area contributed by atoms with Crippen molar-refractivity contribution in [1.82, 2.24) is 4.90 Å². The van der Waals surface area contributed by atoms with E-state index in [9.17, 15) is 0 Å². The van der Waals surface area contributed by atoms with E-state index in [0.717, 1.165) is 11.8 Å². The Morgan fingerprint density at radius 2 is 1.50 bits per heavy atom. The average molecular weight is 171 g/mol. The summed E-state index contributed by atoms with van der Waals surface area (Å²) in [6.07, 6.45) is 1.35. The standard InChI is InChI=1S/C11H25N/c1-6-12(7-2)9-8-11(5)10(3)4/h10-11H,6-9H2,1-5H3. The van der Waals surface area contributed by atoms with Crippen molar-refractivity contribution in [2.75, 3.05) is 19.6 Å². The van der Waals surface area contributed by atoms with Gasteiger partial charge in [-0.1, -0.05) is 34.6 Å². The maximum absolute atomic E-state index is 2.50. The summed E-state index contributed by atoms with van der Waals surface area (Å²) in [6.45, 7) is 15.1. The third-order valence-electron chi connectivity index (χ3n) is 2.93. The Bertz CT molecular complexity index is 93.2. The third-order valence-corrected chi connectivity index (χ3v) is 2.93. The highest BCUT2D eigenvalue weighted by Gasteiger charge is 2.08. The minimum absolute atomic E-state index is 0.834. The van der Waals surface area contributed by atoms with Crippen LogP contribution < -0.4 is 0 Å². The zero-order valence-corrected chi connectivity index (χ0v) is 9.43. The van der Waals surface area contributed by atoms with Crippen molar-refractivity contribution in [3.8, 4) is 0 Å². The molecule has 0 aliphatic rings. The lowest BCUT2D eigenvalue weighted by atomic mass is 9.94. The largest absolute Gasteiger partial charge is 0.304 e. The molecule has 0 amide bonds. The molecular formula is C11H25N. The molecule has 1 atom stereocenters. The molecule has 0 saturated carbocycles. The van der Waals surface area contributed by atoms with Crippen LogP contribution in [-0.4, -0.2) is 24.5 Å². The van der Waals surface area contributed by atoms with Crippen molar-refractivity contribution in [3.05, 3.63) is 0 Å². The summed E-state index contributed by atoms with van der Waals surface area (Å²) in [5.41, 5.74) is 0. The van der Waals surface area contributed by atoms with E-state index in [1.165, 1.54) is 26.1 Å². The molecule has 0 spiro atoms. The zero-order chi connectivity index (χ0) is 9.56. The summed E-state index contributed by atoms with van der Waals surface area (Å²) in [5, 5.41) is 0. The molecule has 74 valence electrons. The number of nitrogens with zero attached hydrogens (tertiary/aromatic N) is 1. The number of rotatable bonds is 6. The van der Waals surface area contributed by atoms with Gasteiger partial charge in [-0.2, -0.15) is 0 Å². The quantitative estimate of drug-likeness (QED) is 0.594. The predicted octanol–water partition coefficient (Wildman–Crippen LogP) is 3.01. The smallest absolute Gasteiger partial charge is 0.00163 e. The van der Waals surface area contributed by atoms with Gasteiger partial charge in [0.05, 0.1) is 0 Å². The summed E-state index contributed by atoms with van der Waals surface area (Å²) in [6, 6.07) is 0. The fourth-order valence-electron chi connectivity index (χ4n) is 1.26. The number of hydrogen-bond donors (Lipinski definition) is 0. The molecule has 0 aliphatic carbocycles. The lowest BCUT2D eigenvalue weighted by molar-refractivity contribution is 0.260. The highest BCUT2D eigenvalue weighted by atomic mass is 15.1. The molecule has 0 aromatic carbocycles. The van der Waals surface area contributed by atoms with Crippen LogP contribution >= 0.6 is 0 Å².